The first kappa shape index (κ1) is 25.9. The van der Waals surface area contributed by atoms with Gasteiger partial charge in [0.15, 0.2) is 0 Å². The molecule has 29 heavy (non-hydrogen) atoms. The maximum absolute atomic E-state index is 11.8. The van der Waals surface area contributed by atoms with Gasteiger partial charge >= 0.3 is 0 Å². The Morgan fingerprint density at radius 2 is 1.31 bits per heavy atom. The number of rotatable bonds is 18. The Labute approximate surface area is 187 Å². The number of hydrazone groups is 1. The van der Waals surface area contributed by atoms with Gasteiger partial charge in [0.05, 0.1) is 6.21 Å². The summed E-state index contributed by atoms with van der Waals surface area (Å²) >= 11 is 3.46. The lowest BCUT2D eigenvalue weighted by atomic mass is 10.0. The molecule has 164 valence electrons. The summed E-state index contributed by atoms with van der Waals surface area (Å²) in [4.78, 5) is 11.8. The van der Waals surface area contributed by atoms with Gasteiger partial charge in [-0.3, -0.25) is 4.79 Å². The largest absolute Gasteiger partial charge is 0.273 e. The molecule has 0 heterocycles. The standard InChI is InChI=1S/C25H41BrN2O/c1-2-3-4-5-6-7-8-9-10-11-12-13-14-15-16-21-25(29)28-27-22-23-19-17-18-20-24(23)26/h17-20,22H,2-16,21H2,1H3,(H,28,29)/b27-22-. The van der Waals surface area contributed by atoms with Crippen LogP contribution in [0.25, 0.3) is 0 Å². The fourth-order valence-electron chi connectivity index (χ4n) is 3.47. The summed E-state index contributed by atoms with van der Waals surface area (Å²) in [5, 5.41) is 4.04. The molecule has 0 radical (unpaired) electrons. The third-order valence-electron chi connectivity index (χ3n) is 5.31. The van der Waals surface area contributed by atoms with Crippen molar-refractivity contribution in [3.05, 3.63) is 34.3 Å². The van der Waals surface area contributed by atoms with Gasteiger partial charge in [0.1, 0.15) is 0 Å². The number of unbranched alkanes of at least 4 members (excludes halogenated alkanes) is 14. The second-order valence-electron chi connectivity index (χ2n) is 8.01. The molecule has 1 N–H and O–H groups in total. The predicted octanol–water partition coefficient (Wildman–Crippen LogP) is 8.16. The molecule has 0 saturated carbocycles. The van der Waals surface area contributed by atoms with Crippen LogP contribution < -0.4 is 5.43 Å². The highest BCUT2D eigenvalue weighted by Crippen LogP contribution is 2.14. The quantitative estimate of drug-likeness (QED) is 0.133. The molecular formula is C25H41BrN2O. The number of carbonyl (C=O) groups excluding carboxylic acids is 1. The van der Waals surface area contributed by atoms with E-state index in [1.165, 1.54) is 83.5 Å². The first-order valence-corrected chi connectivity index (χ1v) is 12.6. The van der Waals surface area contributed by atoms with E-state index in [1.807, 2.05) is 24.3 Å². The minimum absolute atomic E-state index is 0.00278. The Hall–Kier alpha value is -1.16. The van der Waals surface area contributed by atoms with Crippen LogP contribution in [-0.4, -0.2) is 12.1 Å². The zero-order chi connectivity index (χ0) is 21.0. The lowest BCUT2D eigenvalue weighted by molar-refractivity contribution is -0.121. The number of amides is 1. The average Bonchev–Trinajstić information content (AvgIpc) is 2.72. The molecule has 1 rings (SSSR count). The van der Waals surface area contributed by atoms with Crippen LogP contribution in [0.1, 0.15) is 115 Å². The van der Waals surface area contributed by atoms with E-state index in [0.29, 0.717) is 6.42 Å². The SMILES string of the molecule is CCCCCCCCCCCCCCCCCC(=O)N/N=C\c1ccccc1Br. The van der Waals surface area contributed by atoms with Gasteiger partial charge in [0.2, 0.25) is 5.91 Å². The van der Waals surface area contributed by atoms with Gasteiger partial charge in [0, 0.05) is 16.5 Å². The Bertz CT molecular complexity index is 560. The van der Waals surface area contributed by atoms with E-state index in [9.17, 15) is 4.79 Å². The minimum Gasteiger partial charge on any atom is -0.273 e. The number of nitrogens with zero attached hydrogens (tertiary/aromatic N) is 1. The van der Waals surface area contributed by atoms with Crippen LogP contribution in [0.15, 0.2) is 33.8 Å². The Balaban J connectivity index is 1.85. The van der Waals surface area contributed by atoms with E-state index in [1.54, 1.807) is 6.21 Å². The first-order valence-electron chi connectivity index (χ1n) is 11.8. The van der Waals surface area contributed by atoms with Crippen LogP contribution >= 0.6 is 15.9 Å². The minimum atomic E-state index is 0.00278. The van der Waals surface area contributed by atoms with Crippen LogP contribution in [0, 0.1) is 0 Å². The molecule has 0 bridgehead atoms. The van der Waals surface area contributed by atoms with Crippen LogP contribution in [0.2, 0.25) is 0 Å². The van der Waals surface area contributed by atoms with E-state index in [0.717, 1.165) is 22.9 Å². The Morgan fingerprint density at radius 1 is 0.828 bits per heavy atom. The second-order valence-corrected chi connectivity index (χ2v) is 8.87. The highest BCUT2D eigenvalue weighted by molar-refractivity contribution is 9.10. The fourth-order valence-corrected chi connectivity index (χ4v) is 3.85. The highest BCUT2D eigenvalue weighted by Gasteiger charge is 2.00. The second kappa shape index (κ2) is 18.8. The zero-order valence-corrected chi connectivity index (χ0v) is 20.0. The molecule has 0 aromatic heterocycles. The van der Waals surface area contributed by atoms with Crippen molar-refractivity contribution >= 4 is 28.1 Å². The van der Waals surface area contributed by atoms with Crippen LogP contribution in [0.4, 0.5) is 0 Å². The van der Waals surface area contributed by atoms with Crippen molar-refractivity contribution in [3.63, 3.8) is 0 Å². The number of benzene rings is 1. The molecule has 1 aromatic rings. The summed E-state index contributed by atoms with van der Waals surface area (Å²) in [6.45, 7) is 2.28. The van der Waals surface area contributed by atoms with E-state index in [2.05, 4.69) is 33.4 Å². The fraction of sp³-hybridized carbons (Fsp3) is 0.680. The molecule has 0 fully saturated rings. The number of nitrogens with one attached hydrogen (secondary N) is 1. The van der Waals surface area contributed by atoms with Crippen molar-refractivity contribution in [2.45, 2.75) is 110 Å². The molecule has 3 nitrogen and oxygen atoms in total. The summed E-state index contributed by atoms with van der Waals surface area (Å²) in [6, 6.07) is 7.81. The predicted molar refractivity (Wildman–Crippen MR) is 129 cm³/mol. The van der Waals surface area contributed by atoms with Gasteiger partial charge in [-0.25, -0.2) is 5.43 Å². The van der Waals surface area contributed by atoms with E-state index >= 15 is 0 Å². The number of hydrogen-bond donors (Lipinski definition) is 1. The molecule has 0 aliphatic rings. The third-order valence-corrected chi connectivity index (χ3v) is 6.03. The van der Waals surface area contributed by atoms with E-state index in [4.69, 9.17) is 0 Å². The van der Waals surface area contributed by atoms with Gasteiger partial charge in [0.25, 0.3) is 0 Å². The van der Waals surface area contributed by atoms with Crippen molar-refractivity contribution in [1.29, 1.82) is 0 Å². The first-order chi connectivity index (χ1) is 14.2. The number of halogens is 1. The normalized spacial score (nSPS) is 11.2. The van der Waals surface area contributed by atoms with Gasteiger partial charge < -0.3 is 0 Å². The van der Waals surface area contributed by atoms with Gasteiger partial charge in [-0.1, -0.05) is 131 Å². The maximum atomic E-state index is 11.8. The van der Waals surface area contributed by atoms with Crippen molar-refractivity contribution in [3.8, 4) is 0 Å². The summed E-state index contributed by atoms with van der Waals surface area (Å²) < 4.78 is 0.973. The van der Waals surface area contributed by atoms with Crippen LogP contribution in [0.3, 0.4) is 0 Å². The molecule has 0 atom stereocenters. The van der Waals surface area contributed by atoms with Crippen LogP contribution in [-0.2, 0) is 4.79 Å². The molecule has 0 spiro atoms. The number of carbonyl (C=O) groups is 1. The highest BCUT2D eigenvalue weighted by atomic mass is 79.9. The molecule has 0 unspecified atom stereocenters. The van der Waals surface area contributed by atoms with Crippen molar-refractivity contribution in [2.75, 3.05) is 0 Å². The molecule has 0 saturated heterocycles. The molecule has 1 aromatic carbocycles. The smallest absolute Gasteiger partial charge is 0.240 e. The molecule has 1 amide bonds. The molecule has 4 heteroatoms. The van der Waals surface area contributed by atoms with Crippen molar-refractivity contribution in [2.24, 2.45) is 5.10 Å². The van der Waals surface area contributed by atoms with Crippen molar-refractivity contribution < 1.29 is 4.79 Å². The zero-order valence-electron chi connectivity index (χ0n) is 18.4. The Kier molecular flexibility index (Phi) is 16.8. The topological polar surface area (TPSA) is 41.5 Å². The lowest BCUT2D eigenvalue weighted by Crippen LogP contribution is -2.16. The summed E-state index contributed by atoms with van der Waals surface area (Å²) in [5.74, 6) is 0.00278. The van der Waals surface area contributed by atoms with Crippen molar-refractivity contribution in [1.82, 2.24) is 5.43 Å². The van der Waals surface area contributed by atoms with Gasteiger partial charge in [-0.05, 0) is 12.5 Å². The monoisotopic (exact) mass is 464 g/mol. The average molecular weight is 466 g/mol. The molecule has 0 aliphatic carbocycles. The van der Waals surface area contributed by atoms with Gasteiger partial charge in [-0.15, -0.1) is 0 Å². The summed E-state index contributed by atoms with van der Waals surface area (Å²) in [6.07, 6.45) is 22.3. The third kappa shape index (κ3) is 15.4. The number of hydrogen-bond acceptors (Lipinski definition) is 2. The summed E-state index contributed by atoms with van der Waals surface area (Å²) in [7, 11) is 0. The maximum Gasteiger partial charge on any atom is 0.240 e. The van der Waals surface area contributed by atoms with Gasteiger partial charge in [-0.2, -0.15) is 5.10 Å². The lowest BCUT2D eigenvalue weighted by Gasteiger charge is -2.03. The summed E-state index contributed by atoms with van der Waals surface area (Å²) in [5.41, 5.74) is 3.58. The molecular weight excluding hydrogens is 424 g/mol. The Morgan fingerprint density at radius 3 is 1.83 bits per heavy atom. The molecule has 0 aliphatic heterocycles. The van der Waals surface area contributed by atoms with E-state index < -0.39 is 0 Å². The van der Waals surface area contributed by atoms with Crippen LogP contribution in [0.5, 0.6) is 0 Å². The van der Waals surface area contributed by atoms with E-state index in [-0.39, 0.29) is 5.91 Å².